The average Bonchev–Trinajstić information content (AvgIpc) is 3.20. The molecule has 0 radical (unpaired) electrons. The van der Waals surface area contributed by atoms with E-state index < -0.39 is 5.76 Å². The number of piperidine rings is 1. The maximum atomic E-state index is 12.8. The molecule has 4 rings (SSSR count). The quantitative estimate of drug-likeness (QED) is 0.328. The molecule has 0 atom stereocenters. The summed E-state index contributed by atoms with van der Waals surface area (Å²) in [7, 11) is 1.51. The van der Waals surface area contributed by atoms with E-state index >= 15 is 0 Å². The fraction of sp³-hybridized carbons (Fsp3) is 0.417. The Morgan fingerprint density at radius 1 is 0.970 bits per heavy atom. The molecule has 176 valence electrons. The van der Waals surface area contributed by atoms with Crippen molar-refractivity contribution >= 4 is 23.5 Å². The van der Waals surface area contributed by atoms with E-state index in [2.05, 4.69) is 31.8 Å². The molecule has 1 aliphatic rings. The summed E-state index contributed by atoms with van der Waals surface area (Å²) >= 11 is 2.10. The lowest BCUT2D eigenvalue weighted by Crippen LogP contribution is -2.30. The van der Waals surface area contributed by atoms with Crippen molar-refractivity contribution < 1.29 is 13.5 Å². The highest BCUT2D eigenvalue weighted by Crippen LogP contribution is 2.35. The summed E-state index contributed by atoms with van der Waals surface area (Å²) in [6.07, 6.45) is 3.76. The molecule has 0 unspecified atom stereocenters. The summed E-state index contributed by atoms with van der Waals surface area (Å²) in [5.74, 6) is -0.388. The molecule has 1 saturated heterocycles. The zero-order valence-electron chi connectivity index (χ0n) is 18.6. The van der Waals surface area contributed by atoms with Gasteiger partial charge in [0.05, 0.1) is 25.1 Å². The number of aromatic nitrogens is 3. The first-order valence-corrected chi connectivity index (χ1v) is 12.9. The Hall–Kier alpha value is -2.10. The molecule has 0 spiro atoms. The van der Waals surface area contributed by atoms with Crippen molar-refractivity contribution in [1.29, 1.82) is 0 Å². The van der Waals surface area contributed by atoms with Crippen LogP contribution in [-0.4, -0.2) is 45.6 Å². The van der Waals surface area contributed by atoms with Gasteiger partial charge in [0.25, 0.3) is 5.76 Å². The first-order chi connectivity index (χ1) is 16.1. The molecule has 0 bridgehead atoms. The molecule has 3 aromatic rings. The number of benzene rings is 2. The Labute approximate surface area is 201 Å². The highest BCUT2D eigenvalue weighted by Gasteiger charge is 2.18. The van der Waals surface area contributed by atoms with E-state index in [4.69, 9.17) is 4.74 Å². The third-order valence-corrected chi connectivity index (χ3v) is 7.41. The number of halogens is 2. The van der Waals surface area contributed by atoms with Gasteiger partial charge < -0.3 is 9.30 Å². The van der Waals surface area contributed by atoms with Crippen molar-refractivity contribution in [2.45, 2.75) is 53.9 Å². The van der Waals surface area contributed by atoms with Crippen LogP contribution in [0.2, 0.25) is 0 Å². The molecular weight excluding hydrogens is 462 g/mol. The smallest absolute Gasteiger partial charge is 0.289 e. The van der Waals surface area contributed by atoms with Crippen molar-refractivity contribution in [1.82, 2.24) is 19.7 Å². The molecule has 0 saturated carbocycles. The topological polar surface area (TPSA) is 43.2 Å². The summed E-state index contributed by atoms with van der Waals surface area (Å²) < 4.78 is 33.1. The molecule has 0 aliphatic carbocycles. The van der Waals surface area contributed by atoms with E-state index in [9.17, 15) is 8.78 Å². The number of alkyl halides is 2. The van der Waals surface area contributed by atoms with Gasteiger partial charge in [-0.25, -0.2) is 0 Å². The lowest BCUT2D eigenvalue weighted by atomic mass is 10.1. The number of rotatable bonds is 10. The summed E-state index contributed by atoms with van der Waals surface area (Å²) in [6, 6.07) is 15.7. The van der Waals surface area contributed by atoms with Crippen LogP contribution in [0.1, 0.15) is 36.2 Å². The van der Waals surface area contributed by atoms with Crippen LogP contribution in [0, 0.1) is 0 Å². The number of likely N-dealkylation sites (tertiary alicyclic amines) is 1. The molecule has 1 aliphatic heterocycles. The van der Waals surface area contributed by atoms with Crippen molar-refractivity contribution in [3.05, 3.63) is 65.5 Å². The van der Waals surface area contributed by atoms with E-state index in [0.717, 1.165) is 36.2 Å². The van der Waals surface area contributed by atoms with E-state index in [1.165, 1.54) is 31.9 Å². The van der Waals surface area contributed by atoms with Crippen LogP contribution in [0.5, 0.6) is 5.75 Å². The Morgan fingerprint density at radius 2 is 1.76 bits per heavy atom. The Bertz CT molecular complexity index is 1030. The maximum absolute atomic E-state index is 12.8. The minimum absolute atomic E-state index is 0.442. The van der Waals surface area contributed by atoms with Crippen molar-refractivity contribution in [2.75, 3.05) is 20.2 Å². The molecule has 2 aromatic carbocycles. The zero-order chi connectivity index (χ0) is 23.0. The van der Waals surface area contributed by atoms with Crippen LogP contribution < -0.4 is 4.74 Å². The number of methoxy groups -OCH3 is 1. The van der Waals surface area contributed by atoms with E-state index in [0.29, 0.717) is 34.7 Å². The van der Waals surface area contributed by atoms with Gasteiger partial charge in [0.15, 0.2) is 5.16 Å². The third kappa shape index (κ3) is 6.71. The lowest BCUT2D eigenvalue weighted by Gasteiger charge is -2.26. The molecule has 1 aromatic heterocycles. The van der Waals surface area contributed by atoms with Crippen LogP contribution in [-0.2, 0) is 18.8 Å². The minimum atomic E-state index is -2.48. The predicted octanol–water partition coefficient (Wildman–Crippen LogP) is 5.93. The van der Waals surface area contributed by atoms with Crippen LogP contribution in [0.25, 0.3) is 0 Å². The van der Waals surface area contributed by atoms with Crippen LogP contribution in [0.3, 0.4) is 0 Å². The van der Waals surface area contributed by atoms with E-state index in [1.54, 1.807) is 17.8 Å². The Balaban J connectivity index is 1.51. The molecule has 5 nitrogen and oxygen atoms in total. The zero-order valence-corrected chi connectivity index (χ0v) is 20.3. The fourth-order valence-corrected chi connectivity index (χ4v) is 5.42. The Kier molecular flexibility index (Phi) is 8.63. The van der Waals surface area contributed by atoms with Crippen molar-refractivity contribution in [3.63, 3.8) is 0 Å². The summed E-state index contributed by atoms with van der Waals surface area (Å²) in [4.78, 5) is 2.89. The van der Waals surface area contributed by atoms with E-state index in [-0.39, 0.29) is 0 Å². The average molecular weight is 491 g/mol. The van der Waals surface area contributed by atoms with Crippen molar-refractivity contribution in [3.8, 4) is 5.75 Å². The summed E-state index contributed by atoms with van der Waals surface area (Å²) in [5.41, 5.74) is 2.19. The molecule has 9 heteroatoms. The second-order valence-electron chi connectivity index (χ2n) is 7.96. The van der Waals surface area contributed by atoms with Crippen molar-refractivity contribution in [2.24, 2.45) is 0 Å². The highest BCUT2D eigenvalue weighted by molar-refractivity contribution is 7.99. The molecule has 33 heavy (non-hydrogen) atoms. The molecule has 2 heterocycles. The SMILES string of the molecule is COc1cc(CSc2nnc(CN3CCCCC3)n2Cc2ccccc2)ccc1SC(F)F. The number of hydrogen-bond donors (Lipinski definition) is 0. The number of thioether (sulfide) groups is 2. The van der Waals surface area contributed by atoms with Gasteiger partial charge in [0, 0.05) is 5.75 Å². The minimum Gasteiger partial charge on any atom is -0.496 e. The number of ether oxygens (including phenoxy) is 1. The summed E-state index contributed by atoms with van der Waals surface area (Å²) in [6.45, 7) is 3.72. The first-order valence-electron chi connectivity index (χ1n) is 11.1. The number of hydrogen-bond acceptors (Lipinski definition) is 6. The lowest BCUT2D eigenvalue weighted by molar-refractivity contribution is 0.213. The normalized spacial score (nSPS) is 14.7. The van der Waals surface area contributed by atoms with Gasteiger partial charge >= 0.3 is 0 Å². The van der Waals surface area contributed by atoms with Gasteiger partial charge in [-0.3, -0.25) is 4.90 Å². The van der Waals surface area contributed by atoms with E-state index in [1.807, 2.05) is 30.3 Å². The first kappa shape index (κ1) is 24.0. The van der Waals surface area contributed by atoms with Gasteiger partial charge in [-0.2, -0.15) is 8.78 Å². The van der Waals surface area contributed by atoms with Crippen LogP contribution in [0.4, 0.5) is 8.78 Å². The summed E-state index contributed by atoms with van der Waals surface area (Å²) in [5, 5.41) is 9.90. The van der Waals surface area contributed by atoms with Gasteiger partial charge in [-0.15, -0.1) is 10.2 Å². The molecule has 0 amide bonds. The molecule has 1 fully saturated rings. The predicted molar refractivity (Wildman–Crippen MR) is 129 cm³/mol. The molecule has 0 N–H and O–H groups in total. The molecular formula is C24H28F2N4OS2. The number of nitrogens with zero attached hydrogens (tertiary/aromatic N) is 4. The fourth-order valence-electron chi connectivity index (χ4n) is 3.93. The second-order valence-corrected chi connectivity index (χ2v) is 9.93. The Morgan fingerprint density at radius 3 is 2.48 bits per heavy atom. The van der Waals surface area contributed by atoms with Gasteiger partial charge in [0.2, 0.25) is 0 Å². The van der Waals surface area contributed by atoms with Gasteiger partial charge in [-0.1, -0.05) is 66.3 Å². The standard InChI is InChI=1S/C24H28F2N4OS2/c1-31-20-14-19(10-11-21(20)33-23(25)26)17-32-24-28-27-22(16-29-12-6-3-7-13-29)30(24)15-18-8-4-2-5-9-18/h2,4-5,8-11,14,23H,3,6-7,12-13,15-17H2,1H3. The van der Waals surface area contributed by atoms with Crippen LogP contribution in [0.15, 0.2) is 58.6 Å². The van der Waals surface area contributed by atoms with Crippen LogP contribution >= 0.6 is 23.5 Å². The van der Waals surface area contributed by atoms with Gasteiger partial charge in [-0.05, 0) is 49.2 Å². The third-order valence-electron chi connectivity index (χ3n) is 5.60. The highest BCUT2D eigenvalue weighted by atomic mass is 32.2. The largest absolute Gasteiger partial charge is 0.496 e. The maximum Gasteiger partial charge on any atom is 0.289 e. The monoisotopic (exact) mass is 490 g/mol. The van der Waals surface area contributed by atoms with Gasteiger partial charge in [0.1, 0.15) is 11.6 Å². The second kappa shape index (κ2) is 11.9.